The first-order valence-corrected chi connectivity index (χ1v) is 18.8. The highest BCUT2D eigenvalue weighted by atomic mass is 16.3. The fourth-order valence-electron chi connectivity index (χ4n) is 8.90. The van der Waals surface area contributed by atoms with Crippen LogP contribution in [-0.2, 0) is 0 Å². The molecule has 0 unspecified atom stereocenters. The van der Waals surface area contributed by atoms with Crippen molar-refractivity contribution < 1.29 is 4.42 Å². The molecule has 0 fully saturated rings. The summed E-state index contributed by atoms with van der Waals surface area (Å²) in [6.45, 7) is 0. The molecule has 55 heavy (non-hydrogen) atoms. The van der Waals surface area contributed by atoms with E-state index >= 15 is 0 Å². The third-order valence-electron chi connectivity index (χ3n) is 11.5. The van der Waals surface area contributed by atoms with Crippen molar-refractivity contribution in [2.75, 3.05) is 0 Å². The number of furan rings is 1. The summed E-state index contributed by atoms with van der Waals surface area (Å²) in [6, 6.07) is 70.3. The zero-order chi connectivity index (χ0) is 36.0. The second kappa shape index (κ2) is 11.6. The fourth-order valence-corrected chi connectivity index (χ4v) is 8.90. The minimum atomic E-state index is 0.910. The highest BCUT2D eigenvalue weighted by molar-refractivity contribution is 6.21. The molecule has 3 nitrogen and oxygen atoms in total. The van der Waals surface area contributed by atoms with Crippen molar-refractivity contribution in [1.29, 1.82) is 0 Å². The Labute approximate surface area is 316 Å². The van der Waals surface area contributed by atoms with E-state index in [1.54, 1.807) is 0 Å². The minimum Gasteiger partial charge on any atom is -0.454 e. The predicted octanol–water partition coefficient (Wildman–Crippen LogP) is 14.3. The van der Waals surface area contributed by atoms with Crippen molar-refractivity contribution in [2.24, 2.45) is 0 Å². The Morgan fingerprint density at radius 3 is 1.60 bits per heavy atom. The van der Waals surface area contributed by atoms with Crippen LogP contribution in [-0.4, -0.2) is 9.13 Å². The van der Waals surface area contributed by atoms with Crippen LogP contribution in [0, 0.1) is 0 Å². The molecule has 3 heterocycles. The monoisotopic (exact) mass is 700 g/mol. The van der Waals surface area contributed by atoms with Crippen molar-refractivity contribution in [3.63, 3.8) is 0 Å². The quantitative estimate of drug-likeness (QED) is 0.179. The van der Waals surface area contributed by atoms with Crippen molar-refractivity contribution in [1.82, 2.24) is 9.13 Å². The summed E-state index contributed by atoms with van der Waals surface area (Å²) < 4.78 is 11.3. The van der Waals surface area contributed by atoms with E-state index in [0.29, 0.717) is 0 Å². The number of para-hydroxylation sites is 3. The van der Waals surface area contributed by atoms with Crippen LogP contribution < -0.4 is 0 Å². The van der Waals surface area contributed by atoms with Crippen LogP contribution in [0.2, 0.25) is 0 Å². The number of hydrogen-bond acceptors (Lipinski definition) is 1. The van der Waals surface area contributed by atoms with Gasteiger partial charge in [0, 0.05) is 43.7 Å². The molecule has 3 aromatic heterocycles. The number of benzene rings is 9. The van der Waals surface area contributed by atoms with Crippen LogP contribution in [0.1, 0.15) is 0 Å². The normalized spacial score (nSPS) is 12.0. The summed E-state index contributed by atoms with van der Waals surface area (Å²) in [5, 5.41) is 9.71. The molecule has 0 saturated heterocycles. The van der Waals surface area contributed by atoms with Gasteiger partial charge in [-0.15, -0.1) is 0 Å². The SMILES string of the molecule is c1ccc2cc(-c3ccc4c(c3)c3ccccc3n4-c3ccc(-c4ccc(-n5c6ccccc6c6ccc7c8ccccc8oc7c65)cc4)cc3)ccc2c1. The Morgan fingerprint density at radius 2 is 0.836 bits per heavy atom. The molecule has 0 aliphatic heterocycles. The van der Waals surface area contributed by atoms with Crippen LogP contribution in [0.25, 0.3) is 110 Å². The van der Waals surface area contributed by atoms with Gasteiger partial charge in [-0.05, 0) is 99.8 Å². The largest absolute Gasteiger partial charge is 0.454 e. The Balaban J connectivity index is 0.933. The van der Waals surface area contributed by atoms with Gasteiger partial charge in [-0.2, -0.15) is 0 Å². The van der Waals surface area contributed by atoms with Crippen LogP contribution in [0.15, 0.2) is 199 Å². The van der Waals surface area contributed by atoms with Crippen LogP contribution in [0.4, 0.5) is 0 Å². The number of rotatable bonds is 4. The van der Waals surface area contributed by atoms with Crippen molar-refractivity contribution in [3.05, 3.63) is 194 Å². The first-order valence-electron chi connectivity index (χ1n) is 18.8. The number of hydrogen-bond donors (Lipinski definition) is 0. The smallest absolute Gasteiger partial charge is 0.160 e. The van der Waals surface area contributed by atoms with E-state index in [0.717, 1.165) is 44.3 Å². The maximum Gasteiger partial charge on any atom is 0.160 e. The van der Waals surface area contributed by atoms with Gasteiger partial charge in [0.05, 0.1) is 22.1 Å². The van der Waals surface area contributed by atoms with E-state index in [-0.39, 0.29) is 0 Å². The van der Waals surface area contributed by atoms with Gasteiger partial charge in [0.15, 0.2) is 5.58 Å². The second-order valence-electron chi connectivity index (χ2n) is 14.5. The van der Waals surface area contributed by atoms with E-state index < -0.39 is 0 Å². The van der Waals surface area contributed by atoms with E-state index in [1.165, 1.54) is 65.6 Å². The predicted molar refractivity (Wildman–Crippen MR) is 231 cm³/mol. The lowest BCUT2D eigenvalue weighted by atomic mass is 9.99. The lowest BCUT2D eigenvalue weighted by Crippen LogP contribution is -1.95. The summed E-state index contributed by atoms with van der Waals surface area (Å²) in [7, 11) is 0. The standard InChI is InChI=1S/C52H32N2O/c1-2-10-36-31-37(18-17-33(36)9-1)38-23-30-49-46(32-38)42-12-4-6-14-47(42)53(49)39-24-19-34(20-25-39)35-21-26-40(27-22-35)54-48-15-7-3-11-41(48)44-28-29-45-43-13-5-8-16-50(43)55-52(45)51(44)54/h1-32H. The summed E-state index contributed by atoms with van der Waals surface area (Å²) in [4.78, 5) is 0. The molecular formula is C52H32N2O. The molecule has 256 valence electrons. The minimum absolute atomic E-state index is 0.910. The van der Waals surface area contributed by atoms with Gasteiger partial charge >= 0.3 is 0 Å². The van der Waals surface area contributed by atoms with Crippen molar-refractivity contribution >= 4 is 76.3 Å². The first-order chi connectivity index (χ1) is 27.3. The molecule has 0 radical (unpaired) electrons. The lowest BCUT2D eigenvalue weighted by Gasteiger charge is -2.11. The van der Waals surface area contributed by atoms with Gasteiger partial charge in [0.25, 0.3) is 0 Å². The summed E-state index contributed by atoms with van der Waals surface area (Å²) in [6.07, 6.45) is 0. The Bertz CT molecular complexity index is 3470. The molecular weight excluding hydrogens is 669 g/mol. The maximum atomic E-state index is 6.56. The molecule has 0 aliphatic carbocycles. The van der Waals surface area contributed by atoms with E-state index in [4.69, 9.17) is 4.42 Å². The van der Waals surface area contributed by atoms with E-state index in [2.05, 4.69) is 197 Å². The molecule has 12 rings (SSSR count). The molecule has 12 aromatic rings. The Hall–Kier alpha value is -7.36. The van der Waals surface area contributed by atoms with Gasteiger partial charge in [-0.3, -0.25) is 0 Å². The Kier molecular flexibility index (Phi) is 6.34. The summed E-state index contributed by atoms with van der Waals surface area (Å²) in [5.74, 6) is 0. The molecule has 0 atom stereocenters. The van der Waals surface area contributed by atoms with Crippen LogP contribution in [0.3, 0.4) is 0 Å². The van der Waals surface area contributed by atoms with Crippen LogP contribution >= 0.6 is 0 Å². The average molecular weight is 701 g/mol. The highest BCUT2D eigenvalue weighted by Gasteiger charge is 2.19. The third-order valence-corrected chi connectivity index (χ3v) is 11.5. The molecule has 0 spiro atoms. The van der Waals surface area contributed by atoms with Gasteiger partial charge in [-0.1, -0.05) is 127 Å². The topological polar surface area (TPSA) is 23.0 Å². The second-order valence-corrected chi connectivity index (χ2v) is 14.5. The molecule has 9 aromatic carbocycles. The van der Waals surface area contributed by atoms with Crippen molar-refractivity contribution in [3.8, 4) is 33.6 Å². The molecule has 0 aliphatic rings. The van der Waals surface area contributed by atoms with Gasteiger partial charge in [0.1, 0.15) is 5.58 Å². The molecule has 3 heteroatoms. The molecule has 0 amide bonds. The van der Waals surface area contributed by atoms with Gasteiger partial charge in [-0.25, -0.2) is 0 Å². The zero-order valence-corrected chi connectivity index (χ0v) is 29.8. The van der Waals surface area contributed by atoms with Gasteiger partial charge < -0.3 is 13.6 Å². The number of nitrogens with zero attached hydrogens (tertiary/aromatic N) is 2. The number of fused-ring (bicyclic) bond motifs is 11. The summed E-state index contributed by atoms with van der Waals surface area (Å²) in [5.41, 5.74) is 13.6. The molecule has 0 N–H and O–H groups in total. The lowest BCUT2D eigenvalue weighted by molar-refractivity contribution is 0.671. The zero-order valence-electron chi connectivity index (χ0n) is 29.8. The van der Waals surface area contributed by atoms with E-state index in [1.807, 2.05) is 6.07 Å². The van der Waals surface area contributed by atoms with Crippen LogP contribution in [0.5, 0.6) is 0 Å². The fraction of sp³-hybridized carbons (Fsp3) is 0. The molecule has 0 saturated carbocycles. The number of aromatic nitrogens is 2. The maximum absolute atomic E-state index is 6.56. The Morgan fingerprint density at radius 1 is 0.309 bits per heavy atom. The van der Waals surface area contributed by atoms with Gasteiger partial charge in [0.2, 0.25) is 0 Å². The molecule has 0 bridgehead atoms. The van der Waals surface area contributed by atoms with Crippen molar-refractivity contribution in [2.45, 2.75) is 0 Å². The first kappa shape index (κ1) is 30.1. The average Bonchev–Trinajstić information content (AvgIpc) is 3.91. The third kappa shape index (κ3) is 4.50. The highest BCUT2D eigenvalue weighted by Crippen LogP contribution is 2.41. The van der Waals surface area contributed by atoms with E-state index in [9.17, 15) is 0 Å². The summed E-state index contributed by atoms with van der Waals surface area (Å²) >= 11 is 0.